The summed E-state index contributed by atoms with van der Waals surface area (Å²) in [5.41, 5.74) is 0.475. The Morgan fingerprint density at radius 3 is 2.64 bits per heavy atom. The van der Waals surface area contributed by atoms with E-state index >= 15 is 0 Å². The lowest BCUT2D eigenvalue weighted by molar-refractivity contribution is 0.597. The van der Waals surface area contributed by atoms with Crippen molar-refractivity contribution < 1.29 is 12.8 Å². The molecule has 0 aliphatic heterocycles. The number of nitrogens with zero attached hydrogens (tertiary/aromatic N) is 4. The maximum Gasteiger partial charge on any atom is 0.214 e. The van der Waals surface area contributed by atoms with Crippen LogP contribution in [-0.2, 0) is 9.84 Å². The number of sulfone groups is 1. The predicted octanol–water partition coefficient (Wildman–Crippen LogP) is 3.13. The van der Waals surface area contributed by atoms with Gasteiger partial charge in [-0.05, 0) is 52.9 Å². The van der Waals surface area contributed by atoms with E-state index in [1.807, 2.05) is 0 Å². The monoisotopic (exact) mass is 442 g/mol. The van der Waals surface area contributed by atoms with Crippen molar-refractivity contribution in [3.8, 4) is 5.69 Å². The molecule has 130 valence electrons. The molecule has 0 N–H and O–H groups in total. The quantitative estimate of drug-likeness (QED) is 0.545. The maximum absolute atomic E-state index is 13.3. The summed E-state index contributed by atoms with van der Waals surface area (Å²) in [6, 6.07) is 12.3. The number of aromatic nitrogens is 4. The zero-order valence-corrected chi connectivity index (χ0v) is 15.9. The third kappa shape index (κ3) is 4.44. The molecule has 25 heavy (non-hydrogen) atoms. The first-order valence-corrected chi connectivity index (χ1v) is 10.5. The summed E-state index contributed by atoms with van der Waals surface area (Å²) in [7, 11) is -3.39. The Hall–Kier alpha value is -1.78. The summed E-state index contributed by atoms with van der Waals surface area (Å²) in [5.74, 6) is -0.189. The molecule has 1 aromatic heterocycles. The van der Waals surface area contributed by atoms with Gasteiger partial charge in [0.2, 0.25) is 5.16 Å². The van der Waals surface area contributed by atoms with Gasteiger partial charge >= 0.3 is 0 Å². The van der Waals surface area contributed by atoms with Crippen LogP contribution < -0.4 is 0 Å². The van der Waals surface area contributed by atoms with E-state index in [9.17, 15) is 12.8 Å². The van der Waals surface area contributed by atoms with Gasteiger partial charge in [-0.1, -0.05) is 33.8 Å². The second-order valence-corrected chi connectivity index (χ2v) is 9.06. The first-order valence-electron chi connectivity index (χ1n) is 7.11. The minimum atomic E-state index is -3.39. The Balaban J connectivity index is 1.69. The number of benzene rings is 2. The van der Waals surface area contributed by atoms with Crippen LogP contribution in [0.25, 0.3) is 5.69 Å². The van der Waals surface area contributed by atoms with Crippen molar-refractivity contribution in [3.05, 3.63) is 58.8 Å². The lowest BCUT2D eigenvalue weighted by Crippen LogP contribution is -2.09. The number of halogens is 2. The molecule has 1 heterocycles. The highest BCUT2D eigenvalue weighted by molar-refractivity contribution is 9.10. The number of rotatable bonds is 6. The van der Waals surface area contributed by atoms with Crippen molar-refractivity contribution in [2.75, 3.05) is 11.5 Å². The van der Waals surface area contributed by atoms with Crippen LogP contribution in [0.15, 0.2) is 63.1 Å². The summed E-state index contributed by atoms with van der Waals surface area (Å²) >= 11 is 4.47. The smallest absolute Gasteiger partial charge is 0.214 e. The number of hydrogen-bond donors (Lipinski definition) is 0. The molecule has 0 atom stereocenters. The SMILES string of the molecule is O=S(=O)(CCSc1nnnn1-c1cccc(F)c1)c1ccc(Br)cc1. The first-order chi connectivity index (χ1) is 12.0. The average molecular weight is 443 g/mol. The van der Waals surface area contributed by atoms with Gasteiger partial charge in [0, 0.05) is 10.2 Å². The lowest BCUT2D eigenvalue weighted by atomic mass is 10.3. The van der Waals surface area contributed by atoms with Crippen molar-refractivity contribution in [1.29, 1.82) is 0 Å². The first kappa shape index (κ1) is 18.0. The van der Waals surface area contributed by atoms with E-state index in [0.717, 1.165) is 4.47 Å². The maximum atomic E-state index is 13.3. The predicted molar refractivity (Wildman–Crippen MR) is 96.0 cm³/mol. The summed E-state index contributed by atoms with van der Waals surface area (Å²) in [5, 5.41) is 11.7. The average Bonchev–Trinajstić information content (AvgIpc) is 3.03. The lowest BCUT2D eigenvalue weighted by Gasteiger charge is -2.06. The van der Waals surface area contributed by atoms with E-state index in [1.165, 1.54) is 28.6 Å². The summed E-state index contributed by atoms with van der Waals surface area (Å²) in [6.45, 7) is 0. The van der Waals surface area contributed by atoms with E-state index in [-0.39, 0.29) is 16.4 Å². The van der Waals surface area contributed by atoms with E-state index < -0.39 is 15.7 Å². The summed E-state index contributed by atoms with van der Waals surface area (Å²) in [6.07, 6.45) is 0. The van der Waals surface area contributed by atoms with Gasteiger partial charge in [-0.3, -0.25) is 0 Å². The molecule has 0 aliphatic rings. The van der Waals surface area contributed by atoms with Gasteiger partial charge in [-0.25, -0.2) is 12.8 Å². The molecule has 0 fully saturated rings. The van der Waals surface area contributed by atoms with Crippen molar-refractivity contribution in [2.24, 2.45) is 0 Å². The molecule has 0 spiro atoms. The molecular weight excluding hydrogens is 431 g/mol. The number of hydrogen-bond acceptors (Lipinski definition) is 6. The van der Waals surface area contributed by atoms with Crippen LogP contribution in [-0.4, -0.2) is 40.1 Å². The van der Waals surface area contributed by atoms with Gasteiger partial charge < -0.3 is 0 Å². The second kappa shape index (κ2) is 7.63. The second-order valence-electron chi connectivity index (χ2n) is 4.97. The summed E-state index contributed by atoms with van der Waals surface area (Å²) < 4.78 is 40.2. The van der Waals surface area contributed by atoms with Gasteiger partial charge in [-0.2, -0.15) is 4.68 Å². The summed E-state index contributed by atoms with van der Waals surface area (Å²) in [4.78, 5) is 0.265. The third-order valence-corrected chi connectivity index (χ3v) is 6.69. The fourth-order valence-electron chi connectivity index (χ4n) is 2.04. The van der Waals surface area contributed by atoms with Crippen molar-refractivity contribution >= 4 is 37.5 Å². The molecule has 0 radical (unpaired) electrons. The molecule has 0 bridgehead atoms. The molecule has 0 aliphatic carbocycles. The van der Waals surface area contributed by atoms with Gasteiger partial charge in [0.25, 0.3) is 0 Å². The Kier molecular flexibility index (Phi) is 5.50. The third-order valence-electron chi connectivity index (χ3n) is 3.25. The molecule has 0 amide bonds. The highest BCUT2D eigenvalue weighted by atomic mass is 79.9. The largest absolute Gasteiger partial charge is 0.224 e. The van der Waals surface area contributed by atoms with Gasteiger partial charge in [0.1, 0.15) is 5.82 Å². The van der Waals surface area contributed by atoms with Crippen LogP contribution in [0.5, 0.6) is 0 Å². The zero-order valence-electron chi connectivity index (χ0n) is 12.7. The van der Waals surface area contributed by atoms with E-state index in [0.29, 0.717) is 10.8 Å². The zero-order chi connectivity index (χ0) is 17.9. The molecule has 0 saturated heterocycles. The standard InChI is InChI=1S/C15H12BrFN4O2S2/c16-11-4-6-14(7-5-11)25(22,23)9-8-24-15-18-19-20-21(15)13-3-1-2-12(17)10-13/h1-7,10H,8-9H2. The van der Waals surface area contributed by atoms with Gasteiger partial charge in [-0.15, -0.1) is 5.10 Å². The number of tetrazole rings is 1. The van der Waals surface area contributed by atoms with E-state index in [2.05, 4.69) is 31.5 Å². The van der Waals surface area contributed by atoms with Crippen LogP contribution in [0, 0.1) is 5.82 Å². The van der Waals surface area contributed by atoms with Crippen molar-refractivity contribution in [1.82, 2.24) is 20.2 Å². The van der Waals surface area contributed by atoms with E-state index in [1.54, 1.807) is 36.4 Å². The highest BCUT2D eigenvalue weighted by Gasteiger charge is 2.16. The molecular formula is C15H12BrFN4O2S2. The van der Waals surface area contributed by atoms with Gasteiger partial charge in [0.15, 0.2) is 9.84 Å². The fraction of sp³-hybridized carbons (Fsp3) is 0.133. The Morgan fingerprint density at radius 2 is 1.92 bits per heavy atom. The molecule has 10 heteroatoms. The molecule has 0 unspecified atom stereocenters. The van der Waals surface area contributed by atoms with Crippen LogP contribution in [0.1, 0.15) is 0 Å². The normalized spacial score (nSPS) is 11.6. The topological polar surface area (TPSA) is 77.7 Å². The van der Waals surface area contributed by atoms with E-state index in [4.69, 9.17) is 0 Å². The molecule has 3 rings (SSSR count). The minimum Gasteiger partial charge on any atom is -0.224 e. The Bertz CT molecular complexity index is 977. The van der Waals surface area contributed by atoms with Crippen molar-refractivity contribution in [2.45, 2.75) is 10.1 Å². The molecule has 3 aromatic rings. The van der Waals surface area contributed by atoms with Gasteiger partial charge in [0.05, 0.1) is 16.3 Å². The molecule has 2 aromatic carbocycles. The van der Waals surface area contributed by atoms with Crippen LogP contribution in [0.4, 0.5) is 4.39 Å². The molecule has 6 nitrogen and oxygen atoms in total. The van der Waals surface area contributed by atoms with Crippen LogP contribution in [0.2, 0.25) is 0 Å². The fourth-order valence-corrected chi connectivity index (χ4v) is 4.84. The Labute approximate surface area is 156 Å². The Morgan fingerprint density at radius 1 is 1.16 bits per heavy atom. The number of thioether (sulfide) groups is 1. The van der Waals surface area contributed by atoms with Crippen LogP contribution in [0.3, 0.4) is 0 Å². The van der Waals surface area contributed by atoms with Crippen LogP contribution >= 0.6 is 27.7 Å². The highest BCUT2D eigenvalue weighted by Crippen LogP contribution is 2.21. The minimum absolute atomic E-state index is 0.0602. The molecule has 0 saturated carbocycles. The van der Waals surface area contributed by atoms with Crippen molar-refractivity contribution in [3.63, 3.8) is 0 Å².